The minimum atomic E-state index is 0.0285. The molecule has 0 spiro atoms. The summed E-state index contributed by atoms with van der Waals surface area (Å²) in [6.45, 7) is 7.53. The third kappa shape index (κ3) is 4.33. The maximum Gasteiger partial charge on any atom is 0.123 e. The van der Waals surface area contributed by atoms with Gasteiger partial charge in [0.05, 0.1) is 6.61 Å². The van der Waals surface area contributed by atoms with Crippen molar-refractivity contribution in [3.05, 3.63) is 64.7 Å². The fourth-order valence-corrected chi connectivity index (χ4v) is 2.63. The van der Waals surface area contributed by atoms with Crippen molar-refractivity contribution in [3.8, 4) is 5.75 Å². The molecule has 0 aliphatic heterocycles. The van der Waals surface area contributed by atoms with Gasteiger partial charge < -0.3 is 15.2 Å². The molecule has 0 aliphatic carbocycles. The molecule has 2 rings (SSSR count). The average molecular weight is 299 g/mol. The third-order valence-corrected chi connectivity index (χ3v) is 3.81. The molecule has 0 saturated carbocycles. The smallest absolute Gasteiger partial charge is 0.123 e. The highest BCUT2D eigenvalue weighted by Crippen LogP contribution is 2.22. The van der Waals surface area contributed by atoms with Crippen LogP contribution in [0.15, 0.2) is 42.5 Å². The van der Waals surface area contributed by atoms with E-state index in [2.05, 4.69) is 50.4 Å². The molecule has 0 amide bonds. The first-order chi connectivity index (χ1) is 10.6. The third-order valence-electron chi connectivity index (χ3n) is 3.81. The van der Waals surface area contributed by atoms with Gasteiger partial charge in [-0.15, -0.1) is 0 Å². The summed E-state index contributed by atoms with van der Waals surface area (Å²) < 4.78 is 5.57. The largest absolute Gasteiger partial charge is 0.491 e. The van der Waals surface area contributed by atoms with Gasteiger partial charge in [0, 0.05) is 18.2 Å². The Kier molecular flexibility index (Phi) is 5.99. The molecule has 2 N–H and O–H groups in total. The number of rotatable bonds is 7. The summed E-state index contributed by atoms with van der Waals surface area (Å²) in [5, 5.41) is 12.4. The molecule has 2 aromatic carbocycles. The number of aliphatic hydroxyl groups excluding tert-OH is 1. The lowest BCUT2D eigenvalue weighted by Gasteiger charge is -2.18. The molecule has 0 radical (unpaired) electrons. The molecule has 3 heteroatoms. The lowest BCUT2D eigenvalue weighted by atomic mass is 10.00. The van der Waals surface area contributed by atoms with E-state index in [9.17, 15) is 0 Å². The number of nitrogens with one attached hydrogen (secondary N) is 1. The number of ether oxygens (including phenoxy) is 1. The Bertz CT molecular complexity index is 610. The maximum absolute atomic E-state index is 8.90. The van der Waals surface area contributed by atoms with Crippen molar-refractivity contribution in [2.24, 2.45) is 0 Å². The molecule has 0 heterocycles. The van der Waals surface area contributed by atoms with Crippen molar-refractivity contribution in [2.45, 2.75) is 33.4 Å². The summed E-state index contributed by atoms with van der Waals surface area (Å²) in [6, 6.07) is 14.8. The molecule has 0 aromatic heterocycles. The van der Waals surface area contributed by atoms with Crippen LogP contribution in [0.1, 0.15) is 35.2 Å². The van der Waals surface area contributed by atoms with E-state index in [1.807, 2.05) is 18.2 Å². The molecule has 22 heavy (non-hydrogen) atoms. The predicted molar refractivity (Wildman–Crippen MR) is 90.2 cm³/mol. The van der Waals surface area contributed by atoms with Crippen molar-refractivity contribution >= 4 is 0 Å². The number of benzene rings is 2. The van der Waals surface area contributed by atoms with E-state index in [4.69, 9.17) is 9.84 Å². The van der Waals surface area contributed by atoms with Crippen molar-refractivity contribution in [3.63, 3.8) is 0 Å². The molecule has 0 bridgehead atoms. The van der Waals surface area contributed by atoms with Gasteiger partial charge in [-0.2, -0.15) is 0 Å². The zero-order valence-electron chi connectivity index (χ0n) is 13.6. The van der Waals surface area contributed by atoms with E-state index in [-0.39, 0.29) is 12.6 Å². The molecular formula is C19H25NO2. The van der Waals surface area contributed by atoms with Crippen LogP contribution in [0.25, 0.3) is 0 Å². The Hall–Kier alpha value is -1.84. The van der Waals surface area contributed by atoms with Gasteiger partial charge in [0.15, 0.2) is 0 Å². The summed E-state index contributed by atoms with van der Waals surface area (Å²) >= 11 is 0. The molecule has 3 nitrogen and oxygen atoms in total. The van der Waals surface area contributed by atoms with Gasteiger partial charge in [-0.3, -0.25) is 0 Å². The summed E-state index contributed by atoms with van der Waals surface area (Å²) in [7, 11) is 0. The Morgan fingerprint density at radius 2 is 1.91 bits per heavy atom. The maximum atomic E-state index is 8.90. The SMILES string of the molecule is Cc1ccc(C(C)NCc2ccccc2OCCO)c(C)c1. The number of aryl methyl sites for hydroxylation is 2. The first-order valence-corrected chi connectivity index (χ1v) is 7.74. The Balaban J connectivity index is 2.03. The highest BCUT2D eigenvalue weighted by molar-refractivity contribution is 5.35. The van der Waals surface area contributed by atoms with E-state index in [1.54, 1.807) is 0 Å². The minimum Gasteiger partial charge on any atom is -0.491 e. The van der Waals surface area contributed by atoms with Crippen LogP contribution in [-0.2, 0) is 6.54 Å². The molecular weight excluding hydrogens is 274 g/mol. The summed E-state index contributed by atoms with van der Waals surface area (Å²) in [4.78, 5) is 0. The van der Waals surface area contributed by atoms with Crippen LogP contribution < -0.4 is 10.1 Å². The van der Waals surface area contributed by atoms with Crippen molar-refractivity contribution in [1.82, 2.24) is 5.32 Å². The Morgan fingerprint density at radius 3 is 2.64 bits per heavy atom. The fraction of sp³-hybridized carbons (Fsp3) is 0.368. The van der Waals surface area contributed by atoms with Crippen molar-refractivity contribution in [1.29, 1.82) is 0 Å². The monoisotopic (exact) mass is 299 g/mol. The topological polar surface area (TPSA) is 41.5 Å². The second kappa shape index (κ2) is 7.97. The van der Waals surface area contributed by atoms with Crippen LogP contribution in [0.3, 0.4) is 0 Å². The first kappa shape index (κ1) is 16.5. The van der Waals surface area contributed by atoms with Gasteiger partial charge in [-0.05, 0) is 38.0 Å². The van der Waals surface area contributed by atoms with Crippen LogP contribution in [0, 0.1) is 13.8 Å². The van der Waals surface area contributed by atoms with Crippen LogP contribution in [0.4, 0.5) is 0 Å². The van der Waals surface area contributed by atoms with Gasteiger partial charge in [0.2, 0.25) is 0 Å². The molecule has 0 fully saturated rings. The van der Waals surface area contributed by atoms with Gasteiger partial charge in [0.25, 0.3) is 0 Å². The standard InChI is InChI=1S/C19H25NO2/c1-14-8-9-18(15(2)12-14)16(3)20-13-17-6-4-5-7-19(17)22-11-10-21/h4-9,12,16,20-21H,10-11,13H2,1-3H3. The molecule has 1 atom stereocenters. The number of para-hydroxylation sites is 1. The van der Waals surface area contributed by atoms with E-state index in [1.165, 1.54) is 16.7 Å². The van der Waals surface area contributed by atoms with Crippen molar-refractivity contribution < 1.29 is 9.84 Å². The van der Waals surface area contributed by atoms with Gasteiger partial charge in [0.1, 0.15) is 12.4 Å². The number of hydrogen-bond donors (Lipinski definition) is 2. The highest BCUT2D eigenvalue weighted by atomic mass is 16.5. The van der Waals surface area contributed by atoms with Crippen molar-refractivity contribution in [2.75, 3.05) is 13.2 Å². The Morgan fingerprint density at radius 1 is 1.14 bits per heavy atom. The Labute approximate surface area is 133 Å². The van der Waals surface area contributed by atoms with Gasteiger partial charge >= 0.3 is 0 Å². The van der Waals surface area contributed by atoms with Gasteiger partial charge in [-0.25, -0.2) is 0 Å². The second-order valence-corrected chi connectivity index (χ2v) is 5.64. The predicted octanol–water partition coefficient (Wildman–Crippen LogP) is 3.53. The zero-order valence-corrected chi connectivity index (χ0v) is 13.6. The summed E-state index contributed by atoms with van der Waals surface area (Å²) in [5.41, 5.74) is 5.02. The summed E-state index contributed by atoms with van der Waals surface area (Å²) in [6.07, 6.45) is 0. The van der Waals surface area contributed by atoms with E-state index >= 15 is 0 Å². The van der Waals surface area contributed by atoms with Crippen LogP contribution in [0.5, 0.6) is 5.75 Å². The van der Waals surface area contributed by atoms with Gasteiger partial charge in [-0.1, -0.05) is 42.0 Å². The lowest BCUT2D eigenvalue weighted by Crippen LogP contribution is -2.19. The number of hydrogen-bond acceptors (Lipinski definition) is 3. The lowest BCUT2D eigenvalue weighted by molar-refractivity contribution is 0.200. The summed E-state index contributed by atoms with van der Waals surface area (Å²) in [5.74, 6) is 0.830. The fourth-order valence-electron chi connectivity index (χ4n) is 2.63. The van der Waals surface area contributed by atoms with Crippen LogP contribution >= 0.6 is 0 Å². The molecule has 1 unspecified atom stereocenters. The molecule has 0 saturated heterocycles. The molecule has 0 aliphatic rings. The molecule has 2 aromatic rings. The zero-order chi connectivity index (χ0) is 15.9. The number of aliphatic hydroxyl groups is 1. The van der Waals surface area contributed by atoms with E-state index in [0.717, 1.165) is 17.9 Å². The highest BCUT2D eigenvalue weighted by Gasteiger charge is 2.09. The van der Waals surface area contributed by atoms with Crippen LogP contribution in [-0.4, -0.2) is 18.3 Å². The van der Waals surface area contributed by atoms with E-state index < -0.39 is 0 Å². The quantitative estimate of drug-likeness (QED) is 0.822. The second-order valence-electron chi connectivity index (χ2n) is 5.64. The molecule has 118 valence electrons. The first-order valence-electron chi connectivity index (χ1n) is 7.74. The van der Waals surface area contributed by atoms with E-state index in [0.29, 0.717) is 6.61 Å². The average Bonchev–Trinajstić information content (AvgIpc) is 2.51. The normalized spacial score (nSPS) is 12.2. The minimum absolute atomic E-state index is 0.0285. The van der Waals surface area contributed by atoms with Crippen LogP contribution in [0.2, 0.25) is 0 Å².